The number of rotatable bonds is 3. The molecule has 0 amide bonds. The molecule has 1 aliphatic rings. The monoisotopic (exact) mass is 282 g/mol. The van der Waals surface area contributed by atoms with Crippen molar-refractivity contribution < 1.29 is 19.7 Å². The number of carboxylic acid groups (broad SMARTS) is 1. The van der Waals surface area contributed by atoms with Crippen molar-refractivity contribution in [1.29, 1.82) is 0 Å². The molecule has 20 heavy (non-hydrogen) atoms. The topological polar surface area (TPSA) is 102 Å². The van der Waals surface area contributed by atoms with E-state index in [9.17, 15) is 14.7 Å². The maximum atomic E-state index is 12.2. The minimum Gasteiger partial charge on any atom is -0.501 e. The zero-order valence-corrected chi connectivity index (χ0v) is 11.7. The lowest BCUT2D eigenvalue weighted by atomic mass is 10.0. The number of aromatic carboxylic acids is 1. The summed E-state index contributed by atoms with van der Waals surface area (Å²) in [6.07, 6.45) is 0.176. The van der Waals surface area contributed by atoms with E-state index in [4.69, 9.17) is 9.84 Å². The highest BCUT2D eigenvalue weighted by Gasteiger charge is 2.34. The van der Waals surface area contributed by atoms with Gasteiger partial charge in [0.05, 0.1) is 12.6 Å². The van der Waals surface area contributed by atoms with Crippen LogP contribution in [0.3, 0.4) is 0 Å². The van der Waals surface area contributed by atoms with Gasteiger partial charge in [0, 0.05) is 0 Å². The van der Waals surface area contributed by atoms with Gasteiger partial charge in [-0.25, -0.2) is 9.78 Å². The van der Waals surface area contributed by atoms with Crippen molar-refractivity contribution in [2.45, 2.75) is 39.3 Å². The highest BCUT2D eigenvalue weighted by molar-refractivity contribution is 5.88. The fourth-order valence-corrected chi connectivity index (χ4v) is 2.40. The first-order valence-electron chi connectivity index (χ1n) is 6.58. The van der Waals surface area contributed by atoms with Crippen LogP contribution in [0, 0.1) is 5.92 Å². The van der Waals surface area contributed by atoms with Crippen LogP contribution in [0.5, 0.6) is 5.75 Å². The average Bonchev–Trinajstić information content (AvgIpc) is 2.40. The second-order valence-corrected chi connectivity index (χ2v) is 5.21. The lowest BCUT2D eigenvalue weighted by molar-refractivity contribution is -0.0335. The normalized spacial score (nSPS) is 21.8. The van der Waals surface area contributed by atoms with Gasteiger partial charge in [-0.15, -0.1) is 0 Å². The van der Waals surface area contributed by atoms with Crippen molar-refractivity contribution in [3.05, 3.63) is 21.9 Å². The average molecular weight is 282 g/mol. The van der Waals surface area contributed by atoms with Crippen molar-refractivity contribution in [2.24, 2.45) is 5.92 Å². The highest BCUT2D eigenvalue weighted by atomic mass is 16.5. The zero-order valence-electron chi connectivity index (χ0n) is 11.7. The SMILES string of the molecule is CCC1COC(C(C)C)c2nc(C(=O)O)c(O)c(=O)n21. The van der Waals surface area contributed by atoms with E-state index < -0.39 is 29.1 Å². The Kier molecular flexibility index (Phi) is 3.80. The van der Waals surface area contributed by atoms with Crippen molar-refractivity contribution in [2.75, 3.05) is 6.61 Å². The fraction of sp³-hybridized carbons (Fsp3) is 0.615. The molecule has 2 N–H and O–H groups in total. The predicted molar refractivity (Wildman–Crippen MR) is 70.0 cm³/mol. The Balaban J connectivity index is 2.73. The summed E-state index contributed by atoms with van der Waals surface area (Å²) < 4.78 is 7.07. The quantitative estimate of drug-likeness (QED) is 0.867. The lowest BCUT2D eigenvalue weighted by Gasteiger charge is -2.34. The van der Waals surface area contributed by atoms with Crippen LogP contribution in [0.1, 0.15) is 55.7 Å². The minimum absolute atomic E-state index is 0.0390. The Bertz CT molecular complexity index is 593. The number of hydrogen-bond acceptors (Lipinski definition) is 5. The van der Waals surface area contributed by atoms with Gasteiger partial charge in [0.25, 0.3) is 5.56 Å². The van der Waals surface area contributed by atoms with Crippen LogP contribution in [0.4, 0.5) is 0 Å². The molecule has 2 rings (SSSR count). The van der Waals surface area contributed by atoms with Crippen LogP contribution in [0.15, 0.2) is 4.79 Å². The second-order valence-electron chi connectivity index (χ2n) is 5.21. The number of aromatic nitrogens is 2. The van der Waals surface area contributed by atoms with Gasteiger partial charge in [0.1, 0.15) is 11.9 Å². The van der Waals surface area contributed by atoms with Gasteiger partial charge in [-0.3, -0.25) is 9.36 Å². The van der Waals surface area contributed by atoms with E-state index in [-0.39, 0.29) is 17.8 Å². The van der Waals surface area contributed by atoms with Crippen molar-refractivity contribution in [1.82, 2.24) is 9.55 Å². The van der Waals surface area contributed by atoms with Gasteiger partial charge in [0.2, 0.25) is 5.75 Å². The summed E-state index contributed by atoms with van der Waals surface area (Å²) in [6, 6.07) is -0.242. The molecule has 110 valence electrons. The molecule has 0 spiro atoms. The summed E-state index contributed by atoms with van der Waals surface area (Å²) in [7, 11) is 0. The first-order chi connectivity index (χ1) is 9.38. The van der Waals surface area contributed by atoms with Crippen LogP contribution in [-0.4, -0.2) is 32.3 Å². The molecule has 2 heterocycles. The molecule has 0 radical (unpaired) electrons. The van der Waals surface area contributed by atoms with Crippen LogP contribution >= 0.6 is 0 Å². The van der Waals surface area contributed by atoms with Gasteiger partial charge in [-0.2, -0.15) is 0 Å². The summed E-state index contributed by atoms with van der Waals surface area (Å²) in [6.45, 7) is 6.04. The lowest BCUT2D eigenvalue weighted by Crippen LogP contribution is -2.39. The molecule has 1 aromatic rings. The third-order valence-electron chi connectivity index (χ3n) is 3.49. The molecular weight excluding hydrogens is 264 g/mol. The third kappa shape index (κ3) is 2.18. The molecule has 1 aromatic heterocycles. The molecule has 2 atom stereocenters. The zero-order chi connectivity index (χ0) is 15.0. The van der Waals surface area contributed by atoms with E-state index in [0.29, 0.717) is 13.0 Å². The maximum absolute atomic E-state index is 12.2. The van der Waals surface area contributed by atoms with E-state index >= 15 is 0 Å². The summed E-state index contributed by atoms with van der Waals surface area (Å²) >= 11 is 0. The standard InChI is InChI=1S/C13H18N2O5/c1-4-7-5-20-10(6(2)3)11-14-8(13(18)19)9(16)12(17)15(7)11/h6-7,10,16H,4-5H2,1-3H3,(H,18,19). The van der Waals surface area contributed by atoms with Crippen molar-refractivity contribution in [3.63, 3.8) is 0 Å². The first-order valence-corrected chi connectivity index (χ1v) is 6.58. The number of hydrogen-bond donors (Lipinski definition) is 2. The molecule has 7 nitrogen and oxygen atoms in total. The van der Waals surface area contributed by atoms with Crippen molar-refractivity contribution >= 4 is 5.97 Å². The summed E-state index contributed by atoms with van der Waals surface area (Å²) in [4.78, 5) is 27.3. The molecule has 0 bridgehead atoms. The summed E-state index contributed by atoms with van der Waals surface area (Å²) in [5, 5.41) is 18.8. The van der Waals surface area contributed by atoms with Crippen LogP contribution in [0.2, 0.25) is 0 Å². The Labute approximate surface area is 115 Å². The second kappa shape index (κ2) is 5.24. The van der Waals surface area contributed by atoms with Gasteiger partial charge >= 0.3 is 5.97 Å². The van der Waals surface area contributed by atoms with E-state index in [2.05, 4.69) is 4.98 Å². The van der Waals surface area contributed by atoms with Crippen molar-refractivity contribution in [3.8, 4) is 5.75 Å². The molecule has 7 heteroatoms. The van der Waals surface area contributed by atoms with E-state index in [1.807, 2.05) is 20.8 Å². The Morgan fingerprint density at radius 2 is 2.20 bits per heavy atom. The molecular formula is C13H18N2O5. The number of nitrogens with zero attached hydrogens (tertiary/aromatic N) is 2. The smallest absolute Gasteiger partial charge is 0.358 e. The van der Waals surface area contributed by atoms with Gasteiger partial charge in [-0.05, 0) is 12.3 Å². The van der Waals surface area contributed by atoms with Gasteiger partial charge in [0.15, 0.2) is 5.69 Å². The van der Waals surface area contributed by atoms with Crippen LogP contribution in [-0.2, 0) is 4.74 Å². The van der Waals surface area contributed by atoms with Crippen LogP contribution in [0.25, 0.3) is 0 Å². The van der Waals surface area contributed by atoms with Gasteiger partial charge < -0.3 is 14.9 Å². The number of aromatic hydroxyl groups is 1. The molecule has 1 aliphatic heterocycles. The van der Waals surface area contributed by atoms with E-state index in [0.717, 1.165) is 0 Å². The summed E-state index contributed by atoms with van der Waals surface area (Å²) in [5.41, 5.74) is -1.33. The van der Waals surface area contributed by atoms with E-state index in [1.54, 1.807) is 0 Å². The van der Waals surface area contributed by atoms with Gasteiger partial charge in [-0.1, -0.05) is 20.8 Å². The number of ether oxygens (including phenoxy) is 1. The Hall–Kier alpha value is -1.89. The molecule has 0 aliphatic carbocycles. The predicted octanol–water partition coefficient (Wildman–Crippen LogP) is 1.33. The highest BCUT2D eigenvalue weighted by Crippen LogP contribution is 2.33. The molecule has 0 saturated carbocycles. The Morgan fingerprint density at radius 1 is 1.55 bits per heavy atom. The molecule has 0 aromatic carbocycles. The fourth-order valence-electron chi connectivity index (χ4n) is 2.40. The number of carboxylic acids is 1. The first kappa shape index (κ1) is 14.5. The molecule has 0 saturated heterocycles. The van der Waals surface area contributed by atoms with E-state index in [1.165, 1.54) is 4.57 Å². The largest absolute Gasteiger partial charge is 0.501 e. The molecule has 2 unspecified atom stereocenters. The number of carbonyl (C=O) groups is 1. The summed E-state index contributed by atoms with van der Waals surface area (Å²) in [5.74, 6) is -1.93. The minimum atomic E-state index is -1.43. The Morgan fingerprint density at radius 3 is 2.70 bits per heavy atom. The maximum Gasteiger partial charge on any atom is 0.358 e. The third-order valence-corrected chi connectivity index (χ3v) is 3.49. The molecule has 0 fully saturated rings. The number of fused-ring (bicyclic) bond motifs is 1. The van der Waals surface area contributed by atoms with Crippen LogP contribution < -0.4 is 5.56 Å².